The summed E-state index contributed by atoms with van der Waals surface area (Å²) in [6, 6.07) is 0. The highest BCUT2D eigenvalue weighted by atomic mass is 16.6. The molecule has 0 aliphatic carbocycles. The normalized spacial score (nSPS) is 13.0. The van der Waals surface area contributed by atoms with Crippen molar-refractivity contribution in [2.24, 2.45) is 0 Å². The average Bonchev–Trinajstić information content (AvgIpc) is 2.35. The predicted molar refractivity (Wildman–Crippen MR) is 100 cm³/mol. The minimum atomic E-state index is -0.385. The van der Waals surface area contributed by atoms with Crippen LogP contribution in [0.15, 0.2) is 34.9 Å². The van der Waals surface area contributed by atoms with E-state index in [2.05, 4.69) is 45.9 Å². The van der Waals surface area contributed by atoms with Gasteiger partial charge in [0.2, 0.25) is 0 Å². The molecule has 0 aromatic heterocycles. The van der Waals surface area contributed by atoms with Crippen LogP contribution >= 0.6 is 0 Å². The Balaban J connectivity index is 3.98. The third-order valence-corrected chi connectivity index (χ3v) is 3.38. The number of carbonyl (C=O) groups is 1. The van der Waals surface area contributed by atoms with Crippen LogP contribution < -0.4 is 0 Å². The summed E-state index contributed by atoms with van der Waals surface area (Å²) < 4.78 is 5.30. The second kappa shape index (κ2) is 11.3. The van der Waals surface area contributed by atoms with Gasteiger partial charge in [-0.05, 0) is 80.6 Å². The van der Waals surface area contributed by atoms with Gasteiger partial charge in [-0.2, -0.15) is 0 Å². The Bertz CT molecular complexity index is 441. The Hall–Kier alpha value is -1.31. The van der Waals surface area contributed by atoms with Crippen LogP contribution in [0.2, 0.25) is 0 Å². The lowest BCUT2D eigenvalue weighted by Gasteiger charge is -2.19. The largest absolute Gasteiger partial charge is 0.460 e. The molecule has 0 unspecified atom stereocenters. The highest BCUT2D eigenvalue weighted by molar-refractivity contribution is 5.70. The van der Waals surface area contributed by atoms with Crippen molar-refractivity contribution >= 4 is 5.97 Å². The summed E-state index contributed by atoms with van der Waals surface area (Å²) in [7, 11) is 0. The molecule has 0 N–H and O–H groups in total. The molecular weight excluding hydrogens is 284 g/mol. The molecule has 0 fully saturated rings. The van der Waals surface area contributed by atoms with Crippen molar-refractivity contribution in [2.75, 3.05) is 0 Å². The van der Waals surface area contributed by atoms with Crippen molar-refractivity contribution in [2.45, 2.75) is 92.6 Å². The van der Waals surface area contributed by atoms with Gasteiger partial charge in [-0.3, -0.25) is 4.79 Å². The van der Waals surface area contributed by atoms with Crippen molar-refractivity contribution in [1.82, 2.24) is 0 Å². The first-order chi connectivity index (χ1) is 10.6. The van der Waals surface area contributed by atoms with Crippen molar-refractivity contribution in [3.8, 4) is 0 Å². The molecule has 132 valence electrons. The van der Waals surface area contributed by atoms with Crippen LogP contribution in [0.3, 0.4) is 0 Å². The van der Waals surface area contributed by atoms with E-state index in [-0.39, 0.29) is 11.6 Å². The molecule has 0 aromatic carbocycles. The van der Waals surface area contributed by atoms with Gasteiger partial charge in [0.25, 0.3) is 0 Å². The van der Waals surface area contributed by atoms with Gasteiger partial charge in [0.05, 0.1) is 0 Å². The molecule has 0 aliphatic heterocycles. The fourth-order valence-corrected chi connectivity index (χ4v) is 2.17. The number of hydrogen-bond donors (Lipinski definition) is 0. The fraction of sp³-hybridized carbons (Fsp3) is 0.667. The van der Waals surface area contributed by atoms with Crippen LogP contribution in [0.25, 0.3) is 0 Å². The lowest BCUT2D eigenvalue weighted by Crippen LogP contribution is -2.23. The SMILES string of the molecule is CC(C)=CCCC(C)=CCCC(C)=CCCC(=O)OC(C)(C)C. The van der Waals surface area contributed by atoms with Gasteiger partial charge in [-0.25, -0.2) is 0 Å². The van der Waals surface area contributed by atoms with E-state index in [4.69, 9.17) is 4.74 Å². The molecule has 0 atom stereocenters. The van der Waals surface area contributed by atoms with Crippen molar-refractivity contribution in [1.29, 1.82) is 0 Å². The zero-order valence-corrected chi connectivity index (χ0v) is 16.3. The topological polar surface area (TPSA) is 26.3 Å². The number of allylic oxidation sites excluding steroid dienone is 6. The van der Waals surface area contributed by atoms with E-state index in [1.807, 2.05) is 20.8 Å². The van der Waals surface area contributed by atoms with Gasteiger partial charge >= 0.3 is 5.97 Å². The second-order valence-electron chi connectivity index (χ2n) is 7.58. The third-order valence-electron chi connectivity index (χ3n) is 3.38. The molecule has 23 heavy (non-hydrogen) atoms. The van der Waals surface area contributed by atoms with E-state index in [1.165, 1.54) is 16.7 Å². The first kappa shape index (κ1) is 21.7. The van der Waals surface area contributed by atoms with Crippen LogP contribution in [-0.4, -0.2) is 11.6 Å². The summed E-state index contributed by atoms with van der Waals surface area (Å²) >= 11 is 0. The Morgan fingerprint density at radius 2 is 1.22 bits per heavy atom. The Labute approximate surface area is 143 Å². The summed E-state index contributed by atoms with van der Waals surface area (Å²) in [5.41, 5.74) is 3.82. The summed E-state index contributed by atoms with van der Waals surface area (Å²) in [6.45, 7) is 14.3. The molecule has 0 amide bonds. The fourth-order valence-electron chi connectivity index (χ4n) is 2.17. The standard InChI is InChI=1S/C21H36O2/c1-17(2)11-8-12-18(3)13-9-14-19(4)15-10-16-20(22)23-21(5,6)7/h11,13,15H,8-10,12,14,16H2,1-7H3. The van der Waals surface area contributed by atoms with Crippen LogP contribution in [0.4, 0.5) is 0 Å². The summed E-state index contributed by atoms with van der Waals surface area (Å²) in [4.78, 5) is 11.6. The van der Waals surface area contributed by atoms with Crippen LogP contribution in [0.5, 0.6) is 0 Å². The molecule has 0 radical (unpaired) electrons. The summed E-state index contributed by atoms with van der Waals surface area (Å²) in [5, 5.41) is 0. The zero-order chi connectivity index (χ0) is 17.9. The lowest BCUT2D eigenvalue weighted by atomic mass is 10.1. The van der Waals surface area contributed by atoms with E-state index in [0.717, 1.165) is 32.1 Å². The van der Waals surface area contributed by atoms with Gasteiger partial charge in [0.1, 0.15) is 5.60 Å². The highest BCUT2D eigenvalue weighted by Gasteiger charge is 2.15. The van der Waals surface area contributed by atoms with Gasteiger partial charge in [-0.15, -0.1) is 0 Å². The van der Waals surface area contributed by atoms with Crippen LogP contribution in [0.1, 0.15) is 87.0 Å². The Morgan fingerprint density at radius 1 is 0.783 bits per heavy atom. The minimum Gasteiger partial charge on any atom is -0.460 e. The molecule has 2 nitrogen and oxygen atoms in total. The monoisotopic (exact) mass is 320 g/mol. The summed E-state index contributed by atoms with van der Waals surface area (Å²) in [5.74, 6) is -0.114. The van der Waals surface area contributed by atoms with Gasteiger partial charge in [0.15, 0.2) is 0 Å². The number of carbonyl (C=O) groups excluding carboxylic acids is 1. The smallest absolute Gasteiger partial charge is 0.306 e. The second-order valence-corrected chi connectivity index (χ2v) is 7.58. The molecular formula is C21H36O2. The zero-order valence-electron chi connectivity index (χ0n) is 16.3. The molecule has 0 spiro atoms. The van der Waals surface area contributed by atoms with Gasteiger partial charge < -0.3 is 4.74 Å². The maximum absolute atomic E-state index is 11.6. The van der Waals surface area contributed by atoms with E-state index < -0.39 is 0 Å². The molecule has 0 saturated heterocycles. The predicted octanol–water partition coefficient (Wildman–Crippen LogP) is 6.53. The Morgan fingerprint density at radius 3 is 1.65 bits per heavy atom. The quantitative estimate of drug-likeness (QED) is 0.357. The molecule has 0 aliphatic rings. The maximum atomic E-state index is 11.6. The maximum Gasteiger partial charge on any atom is 0.306 e. The number of hydrogen-bond acceptors (Lipinski definition) is 2. The first-order valence-electron chi connectivity index (χ1n) is 8.76. The summed E-state index contributed by atoms with van der Waals surface area (Å²) in [6.07, 6.45) is 12.4. The molecule has 0 bridgehead atoms. The van der Waals surface area contributed by atoms with E-state index in [0.29, 0.717) is 6.42 Å². The van der Waals surface area contributed by atoms with E-state index in [9.17, 15) is 4.79 Å². The number of esters is 1. The highest BCUT2D eigenvalue weighted by Crippen LogP contribution is 2.13. The van der Waals surface area contributed by atoms with Crippen molar-refractivity contribution < 1.29 is 9.53 Å². The van der Waals surface area contributed by atoms with Gasteiger partial charge in [0, 0.05) is 6.42 Å². The third kappa shape index (κ3) is 15.4. The Kier molecular flexibility index (Phi) is 10.6. The lowest BCUT2D eigenvalue weighted by molar-refractivity contribution is -0.154. The molecule has 0 aromatic rings. The van der Waals surface area contributed by atoms with Crippen molar-refractivity contribution in [3.05, 3.63) is 34.9 Å². The van der Waals surface area contributed by atoms with Crippen LogP contribution in [-0.2, 0) is 9.53 Å². The number of ether oxygens (including phenoxy) is 1. The average molecular weight is 321 g/mol. The van der Waals surface area contributed by atoms with Crippen molar-refractivity contribution in [3.63, 3.8) is 0 Å². The van der Waals surface area contributed by atoms with Gasteiger partial charge in [-0.1, -0.05) is 34.9 Å². The number of rotatable bonds is 9. The van der Waals surface area contributed by atoms with E-state index in [1.54, 1.807) is 0 Å². The molecule has 0 saturated carbocycles. The molecule has 0 heterocycles. The van der Waals surface area contributed by atoms with Crippen LogP contribution in [0, 0.1) is 0 Å². The molecule has 2 heteroatoms. The molecule has 0 rings (SSSR count). The minimum absolute atomic E-state index is 0.114. The first-order valence-corrected chi connectivity index (χ1v) is 8.76. The van der Waals surface area contributed by atoms with E-state index >= 15 is 0 Å².